The fraction of sp³-hybridized carbons (Fsp3) is 0. The van der Waals surface area contributed by atoms with Crippen LogP contribution >= 0.6 is 0 Å². The van der Waals surface area contributed by atoms with Crippen molar-refractivity contribution in [2.75, 3.05) is 0 Å². The number of para-hydroxylation sites is 1. The number of hydrogen-bond donors (Lipinski definition) is 2. The number of hydrogen-bond acceptors (Lipinski definition) is 3. The normalized spacial score (nSPS) is 10.7. The Hall–Kier alpha value is -2.89. The summed E-state index contributed by atoms with van der Waals surface area (Å²) in [7, 11) is 0. The van der Waals surface area contributed by atoms with Crippen molar-refractivity contribution in [2.24, 2.45) is 5.73 Å². The first-order valence-electron chi connectivity index (χ1n) is 5.84. The molecular formula is C14H10FN3O2. The molecule has 0 fully saturated rings. The van der Waals surface area contributed by atoms with E-state index in [0.717, 1.165) is 0 Å². The molecule has 0 bridgehead atoms. The van der Waals surface area contributed by atoms with Crippen molar-refractivity contribution in [2.45, 2.75) is 0 Å². The number of amides is 1. The van der Waals surface area contributed by atoms with E-state index in [9.17, 15) is 9.18 Å². The molecule has 3 N–H and O–H groups in total. The van der Waals surface area contributed by atoms with E-state index in [2.05, 4.69) is 10.2 Å². The lowest BCUT2D eigenvalue weighted by Gasteiger charge is -2.09. The summed E-state index contributed by atoms with van der Waals surface area (Å²) in [5, 5.41) is 7.12. The zero-order chi connectivity index (χ0) is 14.1. The van der Waals surface area contributed by atoms with E-state index in [4.69, 9.17) is 10.5 Å². The fourth-order valence-corrected chi connectivity index (χ4v) is 1.95. The third-order valence-corrected chi connectivity index (χ3v) is 2.86. The molecule has 0 unspecified atom stereocenters. The second-order valence-corrected chi connectivity index (χ2v) is 4.20. The van der Waals surface area contributed by atoms with Gasteiger partial charge in [0, 0.05) is 6.07 Å². The SMILES string of the molecule is NC(=O)c1ccccc1Oc1cc(F)cc2[nH]ncc12. The highest BCUT2D eigenvalue weighted by molar-refractivity contribution is 5.96. The van der Waals surface area contributed by atoms with Gasteiger partial charge in [0.15, 0.2) is 0 Å². The molecule has 0 aliphatic rings. The highest BCUT2D eigenvalue weighted by Crippen LogP contribution is 2.31. The van der Waals surface area contributed by atoms with Gasteiger partial charge in [0.2, 0.25) is 0 Å². The zero-order valence-electron chi connectivity index (χ0n) is 10.3. The summed E-state index contributed by atoms with van der Waals surface area (Å²) < 4.78 is 19.1. The van der Waals surface area contributed by atoms with Crippen molar-refractivity contribution in [3.05, 3.63) is 54.0 Å². The van der Waals surface area contributed by atoms with Crippen LogP contribution in [0.4, 0.5) is 4.39 Å². The first kappa shape index (κ1) is 12.2. The van der Waals surface area contributed by atoms with Crippen LogP contribution in [0.5, 0.6) is 11.5 Å². The van der Waals surface area contributed by atoms with Gasteiger partial charge in [0.25, 0.3) is 5.91 Å². The number of aromatic amines is 1. The maximum Gasteiger partial charge on any atom is 0.252 e. The Labute approximate surface area is 113 Å². The van der Waals surface area contributed by atoms with Gasteiger partial charge in [-0.1, -0.05) is 12.1 Å². The number of primary amides is 1. The van der Waals surface area contributed by atoms with E-state index in [1.807, 2.05) is 0 Å². The molecule has 0 saturated carbocycles. The van der Waals surface area contributed by atoms with E-state index in [1.54, 1.807) is 24.3 Å². The average molecular weight is 271 g/mol. The van der Waals surface area contributed by atoms with Gasteiger partial charge in [0.1, 0.15) is 17.3 Å². The lowest BCUT2D eigenvalue weighted by molar-refractivity contribution is 0.0998. The van der Waals surface area contributed by atoms with Crippen LogP contribution in [-0.2, 0) is 0 Å². The smallest absolute Gasteiger partial charge is 0.252 e. The number of nitrogens with one attached hydrogen (secondary N) is 1. The first-order valence-corrected chi connectivity index (χ1v) is 5.84. The number of aromatic nitrogens is 2. The topological polar surface area (TPSA) is 81.0 Å². The molecule has 1 aromatic heterocycles. The molecule has 0 saturated heterocycles. The summed E-state index contributed by atoms with van der Waals surface area (Å²) in [6.45, 7) is 0. The highest BCUT2D eigenvalue weighted by atomic mass is 19.1. The van der Waals surface area contributed by atoms with Crippen molar-refractivity contribution in [3.8, 4) is 11.5 Å². The lowest BCUT2D eigenvalue weighted by Crippen LogP contribution is -2.12. The summed E-state index contributed by atoms with van der Waals surface area (Å²) in [5.41, 5.74) is 6.02. The van der Waals surface area contributed by atoms with E-state index in [1.165, 1.54) is 18.3 Å². The van der Waals surface area contributed by atoms with Gasteiger partial charge in [-0.15, -0.1) is 0 Å². The molecule has 3 rings (SSSR count). The third-order valence-electron chi connectivity index (χ3n) is 2.86. The van der Waals surface area contributed by atoms with Crippen molar-refractivity contribution in [1.29, 1.82) is 0 Å². The summed E-state index contributed by atoms with van der Waals surface area (Å²) in [6.07, 6.45) is 1.52. The average Bonchev–Trinajstić information content (AvgIpc) is 2.87. The molecule has 6 heteroatoms. The molecule has 2 aromatic carbocycles. The van der Waals surface area contributed by atoms with Gasteiger partial charge in [-0.2, -0.15) is 5.10 Å². The minimum absolute atomic E-state index is 0.230. The van der Waals surface area contributed by atoms with Crippen molar-refractivity contribution >= 4 is 16.8 Å². The van der Waals surface area contributed by atoms with Crippen LogP contribution in [0.1, 0.15) is 10.4 Å². The monoisotopic (exact) mass is 271 g/mol. The van der Waals surface area contributed by atoms with Crippen LogP contribution in [-0.4, -0.2) is 16.1 Å². The van der Waals surface area contributed by atoms with Gasteiger partial charge in [-0.3, -0.25) is 9.89 Å². The molecule has 0 radical (unpaired) electrons. The predicted octanol–water partition coefficient (Wildman–Crippen LogP) is 2.59. The van der Waals surface area contributed by atoms with E-state index in [-0.39, 0.29) is 17.1 Å². The number of nitrogens with zero attached hydrogens (tertiary/aromatic N) is 1. The quantitative estimate of drug-likeness (QED) is 0.768. The van der Waals surface area contributed by atoms with Gasteiger partial charge in [-0.25, -0.2) is 4.39 Å². The summed E-state index contributed by atoms with van der Waals surface area (Å²) >= 11 is 0. The molecule has 3 aromatic rings. The lowest BCUT2D eigenvalue weighted by atomic mass is 10.2. The molecule has 5 nitrogen and oxygen atoms in total. The Morgan fingerprint density at radius 3 is 2.85 bits per heavy atom. The van der Waals surface area contributed by atoms with Crippen molar-refractivity contribution in [1.82, 2.24) is 10.2 Å². The van der Waals surface area contributed by atoms with Gasteiger partial charge >= 0.3 is 0 Å². The van der Waals surface area contributed by atoms with E-state index < -0.39 is 11.7 Å². The Morgan fingerprint density at radius 2 is 2.05 bits per heavy atom. The molecule has 100 valence electrons. The minimum Gasteiger partial charge on any atom is -0.456 e. The Kier molecular flexibility index (Phi) is 2.83. The number of nitrogens with two attached hydrogens (primary N) is 1. The first-order chi connectivity index (χ1) is 9.65. The second kappa shape index (κ2) is 4.65. The van der Waals surface area contributed by atoms with Gasteiger partial charge in [0.05, 0.1) is 22.7 Å². The number of H-pyrrole nitrogens is 1. The fourth-order valence-electron chi connectivity index (χ4n) is 1.95. The van der Waals surface area contributed by atoms with Crippen molar-refractivity contribution < 1.29 is 13.9 Å². The number of fused-ring (bicyclic) bond motifs is 1. The second-order valence-electron chi connectivity index (χ2n) is 4.20. The zero-order valence-corrected chi connectivity index (χ0v) is 10.3. The predicted molar refractivity (Wildman–Crippen MR) is 71.1 cm³/mol. The molecule has 1 heterocycles. The molecule has 1 amide bonds. The van der Waals surface area contributed by atoms with Crippen LogP contribution in [0, 0.1) is 5.82 Å². The number of carbonyl (C=O) groups excluding carboxylic acids is 1. The maximum atomic E-state index is 13.5. The van der Waals surface area contributed by atoms with Gasteiger partial charge in [-0.05, 0) is 18.2 Å². The van der Waals surface area contributed by atoms with Crippen molar-refractivity contribution in [3.63, 3.8) is 0 Å². The summed E-state index contributed by atoms with van der Waals surface area (Å²) in [4.78, 5) is 11.3. The van der Waals surface area contributed by atoms with Crippen LogP contribution in [0.2, 0.25) is 0 Å². The standard InChI is InChI=1S/C14H10FN3O2/c15-8-5-11-10(7-17-18-11)13(6-8)20-12-4-2-1-3-9(12)14(16)19/h1-7H,(H2,16,19)(H,17,18). The molecule has 0 atom stereocenters. The largest absolute Gasteiger partial charge is 0.456 e. The van der Waals surface area contributed by atoms with E-state index >= 15 is 0 Å². The number of rotatable bonds is 3. The van der Waals surface area contributed by atoms with Crippen LogP contribution in [0.15, 0.2) is 42.6 Å². The number of carbonyl (C=O) groups is 1. The summed E-state index contributed by atoms with van der Waals surface area (Å²) in [5.74, 6) is -0.538. The number of halogens is 1. The summed E-state index contributed by atoms with van der Waals surface area (Å²) in [6, 6.07) is 9.06. The molecule has 0 aliphatic heterocycles. The highest BCUT2D eigenvalue weighted by Gasteiger charge is 2.13. The van der Waals surface area contributed by atoms with Crippen LogP contribution in [0.25, 0.3) is 10.9 Å². The third kappa shape index (κ3) is 2.07. The number of benzene rings is 2. The molecular weight excluding hydrogens is 261 g/mol. The molecule has 0 aliphatic carbocycles. The molecule has 20 heavy (non-hydrogen) atoms. The van der Waals surface area contributed by atoms with Gasteiger partial charge < -0.3 is 10.5 Å². The number of ether oxygens (including phenoxy) is 1. The minimum atomic E-state index is -0.611. The Morgan fingerprint density at radius 1 is 1.25 bits per heavy atom. The van der Waals surface area contributed by atoms with E-state index in [0.29, 0.717) is 10.9 Å². The maximum absolute atomic E-state index is 13.5. The Balaban J connectivity index is 2.10. The molecule has 0 spiro atoms. The van der Waals surface area contributed by atoms with Crippen LogP contribution in [0.3, 0.4) is 0 Å². The Bertz CT molecular complexity index is 798. The van der Waals surface area contributed by atoms with Crippen LogP contribution < -0.4 is 10.5 Å².